The van der Waals surface area contributed by atoms with E-state index in [0.717, 1.165) is 0 Å². The molecule has 3 amide bonds. The molecular formula is C17H15N3O4. The van der Waals surface area contributed by atoms with Gasteiger partial charge in [-0.3, -0.25) is 19.2 Å². The molecule has 0 radical (unpaired) electrons. The fourth-order valence-electron chi connectivity index (χ4n) is 1.96. The number of hydrogen-bond donors (Lipinski definition) is 3. The van der Waals surface area contributed by atoms with Crippen molar-refractivity contribution < 1.29 is 19.2 Å². The number of rotatable bonds is 4. The summed E-state index contributed by atoms with van der Waals surface area (Å²) in [5.74, 6) is -2.68. The Morgan fingerprint density at radius 2 is 1.42 bits per heavy atom. The maximum atomic E-state index is 11.9. The van der Waals surface area contributed by atoms with Crippen molar-refractivity contribution in [2.75, 3.05) is 10.6 Å². The Hall–Kier alpha value is -3.48. The number of hydrogen-bond acceptors (Lipinski definition) is 4. The van der Waals surface area contributed by atoms with Gasteiger partial charge in [-0.1, -0.05) is 12.1 Å². The van der Waals surface area contributed by atoms with Crippen molar-refractivity contribution in [1.82, 2.24) is 0 Å². The summed E-state index contributed by atoms with van der Waals surface area (Å²) in [6.45, 7) is 1.43. The molecule has 0 spiro atoms. The predicted molar refractivity (Wildman–Crippen MR) is 88.7 cm³/mol. The van der Waals surface area contributed by atoms with Gasteiger partial charge in [0, 0.05) is 11.3 Å². The highest BCUT2D eigenvalue weighted by molar-refractivity contribution is 6.44. The van der Waals surface area contributed by atoms with Gasteiger partial charge in [0.1, 0.15) is 0 Å². The summed E-state index contributed by atoms with van der Waals surface area (Å²) in [4.78, 5) is 46.3. The normalized spacial score (nSPS) is 9.88. The molecule has 122 valence electrons. The minimum Gasteiger partial charge on any atom is -0.366 e. The first-order chi connectivity index (χ1) is 11.4. The molecule has 4 N–H and O–H groups in total. The van der Waals surface area contributed by atoms with Gasteiger partial charge in [-0.2, -0.15) is 0 Å². The van der Waals surface area contributed by atoms with Crippen LogP contribution in [-0.2, 0) is 9.59 Å². The van der Waals surface area contributed by atoms with E-state index in [1.54, 1.807) is 12.1 Å². The summed E-state index contributed by atoms with van der Waals surface area (Å²) in [5.41, 5.74) is 6.32. The van der Waals surface area contributed by atoms with Crippen molar-refractivity contribution in [3.05, 3.63) is 59.7 Å². The van der Waals surface area contributed by atoms with Gasteiger partial charge in [-0.15, -0.1) is 0 Å². The van der Waals surface area contributed by atoms with Gasteiger partial charge in [0.25, 0.3) is 5.91 Å². The third-order valence-electron chi connectivity index (χ3n) is 3.20. The predicted octanol–water partition coefficient (Wildman–Crippen LogP) is 1.57. The van der Waals surface area contributed by atoms with Gasteiger partial charge < -0.3 is 16.4 Å². The highest BCUT2D eigenvalue weighted by Gasteiger charge is 2.17. The molecule has 0 aliphatic carbocycles. The van der Waals surface area contributed by atoms with Crippen molar-refractivity contribution >= 4 is 34.9 Å². The Bertz CT molecular complexity index is 813. The zero-order chi connectivity index (χ0) is 17.7. The third-order valence-corrected chi connectivity index (χ3v) is 3.20. The van der Waals surface area contributed by atoms with Gasteiger partial charge >= 0.3 is 11.8 Å². The van der Waals surface area contributed by atoms with Gasteiger partial charge in [-0.05, 0) is 43.3 Å². The van der Waals surface area contributed by atoms with E-state index < -0.39 is 17.7 Å². The number of primary amides is 1. The van der Waals surface area contributed by atoms with E-state index in [1.165, 1.54) is 43.3 Å². The molecule has 0 heterocycles. The molecule has 0 fully saturated rings. The quantitative estimate of drug-likeness (QED) is 0.584. The minimum atomic E-state index is -0.945. The summed E-state index contributed by atoms with van der Waals surface area (Å²) in [7, 11) is 0. The number of nitrogens with two attached hydrogens (primary N) is 1. The average molecular weight is 325 g/mol. The highest BCUT2D eigenvalue weighted by atomic mass is 16.2. The first-order valence-electron chi connectivity index (χ1n) is 7.00. The molecular weight excluding hydrogens is 310 g/mol. The van der Waals surface area contributed by atoms with Crippen molar-refractivity contribution in [3.63, 3.8) is 0 Å². The Labute approximate surface area is 137 Å². The van der Waals surface area contributed by atoms with Crippen LogP contribution in [0.4, 0.5) is 11.4 Å². The van der Waals surface area contributed by atoms with Crippen molar-refractivity contribution in [1.29, 1.82) is 0 Å². The number of carbonyl (C=O) groups excluding carboxylic acids is 4. The van der Waals surface area contributed by atoms with Crippen LogP contribution in [-0.4, -0.2) is 23.5 Å². The molecule has 0 saturated heterocycles. The first kappa shape index (κ1) is 16.9. The molecule has 2 rings (SSSR count). The van der Waals surface area contributed by atoms with Crippen LogP contribution in [0, 0.1) is 0 Å². The number of para-hydroxylation sites is 1. The molecule has 2 aromatic carbocycles. The second kappa shape index (κ2) is 7.19. The smallest absolute Gasteiger partial charge is 0.314 e. The number of anilines is 2. The SMILES string of the molecule is CC(=O)c1ccc(NC(=O)C(=O)Nc2ccccc2C(N)=O)cc1. The molecule has 0 unspecified atom stereocenters. The first-order valence-corrected chi connectivity index (χ1v) is 7.00. The second-order valence-corrected chi connectivity index (χ2v) is 4.95. The summed E-state index contributed by atoms with van der Waals surface area (Å²) in [6.07, 6.45) is 0. The number of nitrogens with one attached hydrogen (secondary N) is 2. The molecule has 0 aromatic heterocycles. The Morgan fingerprint density at radius 1 is 0.833 bits per heavy atom. The van der Waals surface area contributed by atoms with Gasteiger partial charge in [0.05, 0.1) is 11.3 Å². The summed E-state index contributed by atoms with van der Waals surface area (Å²) in [5, 5.41) is 4.73. The topological polar surface area (TPSA) is 118 Å². The van der Waals surface area contributed by atoms with Crippen LogP contribution in [0.1, 0.15) is 27.6 Å². The summed E-state index contributed by atoms with van der Waals surface area (Å²) >= 11 is 0. The van der Waals surface area contributed by atoms with Gasteiger partial charge in [-0.25, -0.2) is 0 Å². The third kappa shape index (κ3) is 4.04. The van der Waals surface area contributed by atoms with E-state index in [0.29, 0.717) is 11.3 Å². The Balaban J connectivity index is 2.06. The van der Waals surface area contributed by atoms with E-state index >= 15 is 0 Å². The molecule has 7 nitrogen and oxygen atoms in total. The Morgan fingerprint density at radius 3 is 2.00 bits per heavy atom. The minimum absolute atomic E-state index is 0.101. The van der Waals surface area contributed by atoms with Crippen LogP contribution < -0.4 is 16.4 Å². The number of ketones is 1. The van der Waals surface area contributed by atoms with Crippen LogP contribution in [0.2, 0.25) is 0 Å². The van der Waals surface area contributed by atoms with Crippen LogP contribution in [0.25, 0.3) is 0 Å². The van der Waals surface area contributed by atoms with Crippen molar-refractivity contribution in [2.24, 2.45) is 5.73 Å². The van der Waals surface area contributed by atoms with Crippen LogP contribution >= 0.6 is 0 Å². The molecule has 0 saturated carbocycles. The maximum Gasteiger partial charge on any atom is 0.314 e. The fourth-order valence-corrected chi connectivity index (χ4v) is 1.96. The number of amides is 3. The number of carbonyl (C=O) groups is 4. The standard InChI is InChI=1S/C17H15N3O4/c1-10(21)11-6-8-12(9-7-11)19-16(23)17(24)20-14-5-3-2-4-13(14)15(18)22/h2-9H,1H3,(H2,18,22)(H,19,23)(H,20,24). The molecule has 24 heavy (non-hydrogen) atoms. The van der Waals surface area contributed by atoms with Gasteiger partial charge in [0.15, 0.2) is 5.78 Å². The Kier molecular flexibility index (Phi) is 5.06. The summed E-state index contributed by atoms with van der Waals surface area (Å²) in [6, 6.07) is 12.2. The maximum absolute atomic E-state index is 11.9. The lowest BCUT2D eigenvalue weighted by Gasteiger charge is -2.09. The van der Waals surface area contributed by atoms with E-state index in [9.17, 15) is 19.2 Å². The lowest BCUT2D eigenvalue weighted by Crippen LogP contribution is -2.30. The molecule has 0 aliphatic rings. The summed E-state index contributed by atoms with van der Waals surface area (Å²) < 4.78 is 0. The average Bonchev–Trinajstić information content (AvgIpc) is 2.55. The second-order valence-electron chi connectivity index (χ2n) is 4.95. The molecule has 2 aromatic rings. The molecule has 0 atom stereocenters. The lowest BCUT2D eigenvalue weighted by atomic mass is 10.1. The van der Waals surface area contributed by atoms with Crippen LogP contribution in [0.5, 0.6) is 0 Å². The monoisotopic (exact) mass is 325 g/mol. The lowest BCUT2D eigenvalue weighted by molar-refractivity contribution is -0.133. The molecule has 7 heteroatoms. The zero-order valence-electron chi connectivity index (χ0n) is 12.8. The van der Waals surface area contributed by atoms with Crippen molar-refractivity contribution in [2.45, 2.75) is 6.92 Å². The molecule has 0 bridgehead atoms. The van der Waals surface area contributed by atoms with E-state index in [2.05, 4.69) is 10.6 Å². The van der Waals surface area contributed by atoms with Crippen molar-refractivity contribution in [3.8, 4) is 0 Å². The van der Waals surface area contributed by atoms with Crippen LogP contribution in [0.15, 0.2) is 48.5 Å². The van der Waals surface area contributed by atoms with E-state index in [4.69, 9.17) is 5.73 Å². The highest BCUT2D eigenvalue weighted by Crippen LogP contribution is 2.15. The van der Waals surface area contributed by atoms with Crippen LogP contribution in [0.3, 0.4) is 0 Å². The number of benzene rings is 2. The van der Waals surface area contributed by atoms with Gasteiger partial charge in [0.2, 0.25) is 0 Å². The molecule has 0 aliphatic heterocycles. The fraction of sp³-hybridized carbons (Fsp3) is 0.0588. The zero-order valence-corrected chi connectivity index (χ0v) is 12.8. The largest absolute Gasteiger partial charge is 0.366 e. The number of Topliss-reactive ketones (excluding diaryl/α,β-unsaturated/α-hetero) is 1. The van der Waals surface area contributed by atoms with E-state index in [1.807, 2.05) is 0 Å². The van der Waals surface area contributed by atoms with E-state index in [-0.39, 0.29) is 17.0 Å².